The summed E-state index contributed by atoms with van der Waals surface area (Å²) >= 11 is 1.36. The van der Waals surface area contributed by atoms with Crippen LogP contribution in [0.2, 0.25) is 0 Å². The summed E-state index contributed by atoms with van der Waals surface area (Å²) in [6, 6.07) is -0.298. The molecule has 0 aliphatic carbocycles. The van der Waals surface area contributed by atoms with Crippen molar-refractivity contribution in [3.8, 4) is 0 Å². The first-order chi connectivity index (χ1) is 9.95. The summed E-state index contributed by atoms with van der Waals surface area (Å²) in [6.07, 6.45) is 2.16. The van der Waals surface area contributed by atoms with Crippen molar-refractivity contribution in [1.29, 1.82) is 0 Å². The molecular formula is C13H20N4O3S. The van der Waals surface area contributed by atoms with Crippen molar-refractivity contribution in [2.75, 3.05) is 18.4 Å². The van der Waals surface area contributed by atoms with E-state index < -0.39 is 11.9 Å². The van der Waals surface area contributed by atoms with Gasteiger partial charge in [0.05, 0.1) is 5.92 Å². The zero-order chi connectivity index (χ0) is 15.4. The summed E-state index contributed by atoms with van der Waals surface area (Å²) in [5, 5.41) is 21.1. The molecule has 0 aromatic carbocycles. The number of amides is 2. The number of rotatable bonds is 4. The van der Waals surface area contributed by atoms with Gasteiger partial charge in [-0.3, -0.25) is 10.1 Å². The second-order valence-electron chi connectivity index (χ2n) is 5.65. The highest BCUT2D eigenvalue weighted by Gasteiger charge is 2.28. The van der Waals surface area contributed by atoms with Gasteiger partial charge in [0.1, 0.15) is 5.01 Å². The van der Waals surface area contributed by atoms with E-state index in [1.54, 1.807) is 0 Å². The lowest BCUT2D eigenvalue weighted by Gasteiger charge is -2.30. The van der Waals surface area contributed by atoms with Gasteiger partial charge in [0.15, 0.2) is 0 Å². The number of aliphatic carboxylic acids is 1. The van der Waals surface area contributed by atoms with Crippen LogP contribution in [0.25, 0.3) is 0 Å². The maximum absolute atomic E-state index is 12.1. The van der Waals surface area contributed by atoms with Crippen molar-refractivity contribution in [2.24, 2.45) is 11.8 Å². The zero-order valence-corrected chi connectivity index (χ0v) is 13.0. The van der Waals surface area contributed by atoms with Crippen molar-refractivity contribution < 1.29 is 14.7 Å². The molecule has 1 aromatic heterocycles. The van der Waals surface area contributed by atoms with E-state index in [-0.39, 0.29) is 12.6 Å². The number of carboxylic acid groups (broad SMARTS) is 1. The minimum atomic E-state index is -0.845. The van der Waals surface area contributed by atoms with Gasteiger partial charge in [-0.15, -0.1) is 10.2 Å². The fourth-order valence-corrected chi connectivity index (χ4v) is 3.21. The normalized spacial score (nSPS) is 18.8. The van der Waals surface area contributed by atoms with Crippen molar-refractivity contribution in [1.82, 2.24) is 15.1 Å². The third kappa shape index (κ3) is 4.38. The Morgan fingerprint density at radius 2 is 2.24 bits per heavy atom. The number of likely N-dealkylation sites (tertiary alicyclic amines) is 1. The Labute approximate surface area is 127 Å². The first-order valence-electron chi connectivity index (χ1n) is 7.07. The van der Waals surface area contributed by atoms with E-state index in [0.717, 1.165) is 11.4 Å². The van der Waals surface area contributed by atoms with Gasteiger partial charge < -0.3 is 10.0 Å². The van der Waals surface area contributed by atoms with E-state index in [4.69, 9.17) is 5.11 Å². The lowest BCUT2D eigenvalue weighted by atomic mass is 9.99. The molecular weight excluding hydrogens is 292 g/mol. The van der Waals surface area contributed by atoms with Gasteiger partial charge in [0, 0.05) is 19.5 Å². The second kappa shape index (κ2) is 6.84. The van der Waals surface area contributed by atoms with Crippen LogP contribution in [0.5, 0.6) is 0 Å². The predicted octanol–water partition coefficient (Wildman–Crippen LogP) is 2.07. The molecule has 1 atom stereocenters. The molecule has 0 saturated carbocycles. The van der Waals surface area contributed by atoms with Crippen LogP contribution < -0.4 is 5.32 Å². The molecule has 0 spiro atoms. The number of nitrogens with one attached hydrogen (secondary N) is 1. The Balaban J connectivity index is 1.91. The van der Waals surface area contributed by atoms with Gasteiger partial charge in [-0.05, 0) is 18.8 Å². The SMILES string of the molecule is CC(C)Cc1nnc(NC(=O)N2CCC[C@@H](C(=O)O)C2)s1. The maximum Gasteiger partial charge on any atom is 0.323 e. The maximum atomic E-state index is 12.1. The first-order valence-corrected chi connectivity index (χ1v) is 7.88. The molecule has 0 unspecified atom stereocenters. The Bertz CT molecular complexity index is 517. The Kier molecular flexibility index (Phi) is 5.11. The van der Waals surface area contributed by atoms with E-state index >= 15 is 0 Å². The number of carbonyl (C=O) groups excluding carboxylic acids is 1. The summed E-state index contributed by atoms with van der Waals surface area (Å²) in [4.78, 5) is 24.7. The minimum Gasteiger partial charge on any atom is -0.481 e. The highest BCUT2D eigenvalue weighted by atomic mass is 32.1. The molecule has 21 heavy (non-hydrogen) atoms. The van der Waals surface area contributed by atoms with Crippen LogP contribution >= 0.6 is 11.3 Å². The molecule has 116 valence electrons. The van der Waals surface area contributed by atoms with Crippen LogP contribution in [0.3, 0.4) is 0 Å². The number of carbonyl (C=O) groups is 2. The summed E-state index contributed by atoms with van der Waals surface area (Å²) < 4.78 is 0. The van der Waals surface area contributed by atoms with E-state index in [9.17, 15) is 9.59 Å². The molecule has 2 N–H and O–H groups in total. The molecule has 0 bridgehead atoms. The number of aromatic nitrogens is 2. The van der Waals surface area contributed by atoms with Crippen LogP contribution in [0.4, 0.5) is 9.93 Å². The average Bonchev–Trinajstić information content (AvgIpc) is 2.85. The van der Waals surface area contributed by atoms with E-state index in [0.29, 0.717) is 30.4 Å². The summed E-state index contributed by atoms with van der Waals surface area (Å²) in [5.74, 6) is -0.835. The van der Waals surface area contributed by atoms with Gasteiger partial charge in [0.25, 0.3) is 0 Å². The van der Waals surface area contributed by atoms with Crippen LogP contribution in [0, 0.1) is 11.8 Å². The van der Waals surface area contributed by atoms with Gasteiger partial charge in [-0.1, -0.05) is 25.2 Å². The van der Waals surface area contributed by atoms with Crippen LogP contribution in [-0.2, 0) is 11.2 Å². The fourth-order valence-electron chi connectivity index (χ4n) is 2.27. The lowest BCUT2D eigenvalue weighted by Crippen LogP contribution is -2.44. The number of piperidine rings is 1. The number of hydrogen-bond donors (Lipinski definition) is 2. The average molecular weight is 312 g/mol. The number of carboxylic acids is 1. The molecule has 1 aliphatic rings. The van der Waals surface area contributed by atoms with Gasteiger partial charge >= 0.3 is 12.0 Å². The molecule has 2 amide bonds. The Hall–Kier alpha value is -1.70. The van der Waals surface area contributed by atoms with Crippen molar-refractivity contribution >= 4 is 28.5 Å². The molecule has 7 nitrogen and oxygen atoms in total. The van der Waals surface area contributed by atoms with Crippen LogP contribution in [-0.4, -0.2) is 45.3 Å². The molecule has 1 saturated heterocycles. The highest BCUT2D eigenvalue weighted by Crippen LogP contribution is 2.21. The number of nitrogens with zero attached hydrogens (tertiary/aromatic N) is 3. The van der Waals surface area contributed by atoms with E-state index in [2.05, 4.69) is 29.4 Å². The Morgan fingerprint density at radius 1 is 1.48 bits per heavy atom. The number of hydrogen-bond acceptors (Lipinski definition) is 5. The van der Waals surface area contributed by atoms with E-state index in [1.165, 1.54) is 16.2 Å². The van der Waals surface area contributed by atoms with Gasteiger partial charge in [-0.2, -0.15) is 0 Å². The van der Waals surface area contributed by atoms with Crippen molar-refractivity contribution in [2.45, 2.75) is 33.1 Å². The smallest absolute Gasteiger partial charge is 0.323 e. The summed E-state index contributed by atoms with van der Waals surface area (Å²) in [6.45, 7) is 5.02. The lowest BCUT2D eigenvalue weighted by molar-refractivity contribution is -0.143. The Morgan fingerprint density at radius 3 is 2.90 bits per heavy atom. The molecule has 1 fully saturated rings. The first kappa shape index (κ1) is 15.7. The summed E-state index contributed by atoms with van der Waals surface area (Å²) in [5.41, 5.74) is 0. The number of anilines is 1. The van der Waals surface area contributed by atoms with E-state index in [1.807, 2.05) is 0 Å². The van der Waals surface area contributed by atoms with Gasteiger partial charge in [0.2, 0.25) is 5.13 Å². The standard InChI is InChI=1S/C13H20N4O3S/c1-8(2)6-10-15-16-12(21-10)14-13(20)17-5-3-4-9(7-17)11(18)19/h8-9H,3-7H2,1-2H3,(H,18,19)(H,14,16,20)/t9-/m1/s1. The predicted molar refractivity (Wildman–Crippen MR) is 79.4 cm³/mol. The molecule has 1 aliphatic heterocycles. The molecule has 8 heteroatoms. The molecule has 1 aromatic rings. The topological polar surface area (TPSA) is 95.4 Å². The fraction of sp³-hybridized carbons (Fsp3) is 0.692. The quantitative estimate of drug-likeness (QED) is 0.887. The van der Waals surface area contributed by atoms with Crippen molar-refractivity contribution in [3.05, 3.63) is 5.01 Å². The monoisotopic (exact) mass is 312 g/mol. The summed E-state index contributed by atoms with van der Waals surface area (Å²) in [7, 11) is 0. The molecule has 0 radical (unpaired) electrons. The van der Waals surface area contributed by atoms with Crippen LogP contribution in [0.1, 0.15) is 31.7 Å². The second-order valence-corrected chi connectivity index (χ2v) is 6.71. The molecule has 2 rings (SSSR count). The van der Waals surface area contributed by atoms with Gasteiger partial charge in [-0.25, -0.2) is 4.79 Å². The minimum absolute atomic E-state index is 0.249. The zero-order valence-electron chi connectivity index (χ0n) is 12.2. The third-order valence-electron chi connectivity index (χ3n) is 3.32. The highest BCUT2D eigenvalue weighted by molar-refractivity contribution is 7.15. The van der Waals surface area contributed by atoms with Crippen LogP contribution in [0.15, 0.2) is 0 Å². The molecule has 2 heterocycles. The largest absolute Gasteiger partial charge is 0.481 e. The van der Waals surface area contributed by atoms with Crippen molar-refractivity contribution in [3.63, 3.8) is 0 Å². The number of urea groups is 1. The third-order valence-corrected chi connectivity index (χ3v) is 4.18.